The minimum atomic E-state index is -0.300. The van der Waals surface area contributed by atoms with Gasteiger partial charge in [0.25, 0.3) is 0 Å². The van der Waals surface area contributed by atoms with E-state index in [1.807, 2.05) is 27.8 Å². The Morgan fingerprint density at radius 1 is 1.53 bits per heavy atom. The van der Waals surface area contributed by atoms with Gasteiger partial charge in [-0.15, -0.1) is 0 Å². The van der Waals surface area contributed by atoms with Gasteiger partial charge in [-0.25, -0.2) is 0 Å². The lowest BCUT2D eigenvalue weighted by Gasteiger charge is -2.23. The van der Waals surface area contributed by atoms with Crippen molar-refractivity contribution in [1.82, 2.24) is 15.1 Å². The molecule has 5 heteroatoms. The second-order valence-electron chi connectivity index (χ2n) is 4.37. The smallest absolute Gasteiger partial charge is 0.131 e. The van der Waals surface area contributed by atoms with Gasteiger partial charge >= 0.3 is 0 Å². The fraction of sp³-hybridized carbons (Fsp3) is 0.700. The number of aliphatic hydroxyl groups excluding tert-OH is 1. The molecular weight excluding hydrogens is 214 g/mol. The summed E-state index contributed by atoms with van der Waals surface area (Å²) in [4.78, 5) is 0. The van der Waals surface area contributed by atoms with Gasteiger partial charge in [0.15, 0.2) is 0 Å². The maximum Gasteiger partial charge on any atom is 0.131 e. The summed E-state index contributed by atoms with van der Waals surface area (Å²) in [5.41, 5.74) is 1.61. The molecule has 0 aliphatic rings. The van der Waals surface area contributed by atoms with Gasteiger partial charge in [-0.1, -0.05) is 11.6 Å². The van der Waals surface area contributed by atoms with Crippen LogP contribution in [0.25, 0.3) is 0 Å². The zero-order valence-electron chi connectivity index (χ0n) is 9.63. The van der Waals surface area contributed by atoms with Gasteiger partial charge in [-0.05, 0) is 20.8 Å². The summed E-state index contributed by atoms with van der Waals surface area (Å²) in [6.45, 7) is 6.50. The number of aryl methyl sites for hydroxylation is 2. The maximum atomic E-state index is 9.10. The summed E-state index contributed by atoms with van der Waals surface area (Å²) in [7, 11) is 1.82. The summed E-state index contributed by atoms with van der Waals surface area (Å²) < 4.78 is 1.65. The predicted octanol–water partition coefficient (Wildman–Crippen LogP) is 1.24. The largest absolute Gasteiger partial charge is 0.394 e. The Morgan fingerprint density at radius 2 is 2.13 bits per heavy atom. The molecule has 1 rings (SSSR count). The zero-order valence-corrected chi connectivity index (χ0v) is 10.4. The van der Waals surface area contributed by atoms with Gasteiger partial charge in [0.1, 0.15) is 5.15 Å². The highest BCUT2D eigenvalue weighted by atomic mass is 35.5. The zero-order chi connectivity index (χ0) is 11.6. The van der Waals surface area contributed by atoms with Crippen molar-refractivity contribution in [3.05, 3.63) is 16.4 Å². The second kappa shape index (κ2) is 4.51. The van der Waals surface area contributed by atoms with Crippen LogP contribution in [-0.2, 0) is 13.6 Å². The Hall–Kier alpha value is -0.580. The number of nitrogens with zero attached hydrogens (tertiary/aromatic N) is 2. The Balaban J connectivity index is 2.73. The standard InChI is InChI=1S/C10H18ClN3O/c1-7-8(9(11)14(4)13-7)5-12-10(2,3)6-15/h12,15H,5-6H2,1-4H3. The number of hydrogen-bond donors (Lipinski definition) is 2. The van der Waals surface area contributed by atoms with E-state index in [9.17, 15) is 0 Å². The third-order valence-electron chi connectivity index (χ3n) is 2.41. The van der Waals surface area contributed by atoms with Crippen molar-refractivity contribution >= 4 is 11.6 Å². The van der Waals surface area contributed by atoms with E-state index in [2.05, 4.69) is 10.4 Å². The number of aliphatic hydroxyl groups is 1. The highest BCUT2D eigenvalue weighted by molar-refractivity contribution is 6.30. The third kappa shape index (κ3) is 2.93. The van der Waals surface area contributed by atoms with Crippen LogP contribution in [0.1, 0.15) is 25.1 Å². The molecule has 1 heterocycles. The van der Waals surface area contributed by atoms with Gasteiger partial charge in [-0.2, -0.15) is 5.10 Å². The van der Waals surface area contributed by atoms with Crippen LogP contribution in [0, 0.1) is 6.92 Å². The first-order valence-corrected chi connectivity index (χ1v) is 5.29. The molecule has 0 aliphatic carbocycles. The molecule has 0 saturated heterocycles. The molecule has 0 fully saturated rings. The van der Waals surface area contributed by atoms with Crippen molar-refractivity contribution in [2.24, 2.45) is 7.05 Å². The lowest BCUT2D eigenvalue weighted by Crippen LogP contribution is -2.42. The van der Waals surface area contributed by atoms with Crippen LogP contribution in [0.5, 0.6) is 0 Å². The SMILES string of the molecule is Cc1nn(C)c(Cl)c1CNC(C)(C)CO. The van der Waals surface area contributed by atoms with Crippen molar-refractivity contribution in [3.8, 4) is 0 Å². The second-order valence-corrected chi connectivity index (χ2v) is 4.73. The molecule has 86 valence electrons. The Morgan fingerprint density at radius 3 is 2.53 bits per heavy atom. The molecule has 0 unspecified atom stereocenters. The molecule has 1 aromatic rings. The van der Waals surface area contributed by atoms with E-state index in [0.717, 1.165) is 11.3 Å². The highest BCUT2D eigenvalue weighted by Crippen LogP contribution is 2.19. The van der Waals surface area contributed by atoms with E-state index in [1.54, 1.807) is 4.68 Å². The predicted molar refractivity (Wildman–Crippen MR) is 61.0 cm³/mol. The fourth-order valence-electron chi connectivity index (χ4n) is 1.26. The fourth-order valence-corrected chi connectivity index (χ4v) is 1.50. The molecule has 0 amide bonds. The number of hydrogen-bond acceptors (Lipinski definition) is 3. The minimum absolute atomic E-state index is 0.0872. The van der Waals surface area contributed by atoms with Gasteiger partial charge in [0.05, 0.1) is 12.3 Å². The van der Waals surface area contributed by atoms with E-state index in [1.165, 1.54) is 0 Å². The molecule has 0 aliphatic heterocycles. The Labute approximate surface area is 95.2 Å². The van der Waals surface area contributed by atoms with Crippen molar-refractivity contribution in [3.63, 3.8) is 0 Å². The monoisotopic (exact) mass is 231 g/mol. The van der Waals surface area contributed by atoms with E-state index in [4.69, 9.17) is 16.7 Å². The first-order chi connectivity index (χ1) is 6.87. The molecule has 15 heavy (non-hydrogen) atoms. The topological polar surface area (TPSA) is 50.1 Å². The number of halogens is 1. The molecule has 4 nitrogen and oxygen atoms in total. The molecule has 0 atom stereocenters. The van der Waals surface area contributed by atoms with Crippen molar-refractivity contribution in [1.29, 1.82) is 0 Å². The molecule has 2 N–H and O–H groups in total. The lowest BCUT2D eigenvalue weighted by atomic mass is 10.1. The van der Waals surface area contributed by atoms with E-state index >= 15 is 0 Å². The number of rotatable bonds is 4. The Bertz CT molecular complexity index is 347. The lowest BCUT2D eigenvalue weighted by molar-refractivity contribution is 0.187. The van der Waals surface area contributed by atoms with Crippen molar-refractivity contribution < 1.29 is 5.11 Å². The van der Waals surface area contributed by atoms with Crippen LogP contribution in [-0.4, -0.2) is 27.0 Å². The molecule has 1 aromatic heterocycles. The molecule has 0 spiro atoms. The quantitative estimate of drug-likeness (QED) is 0.820. The van der Waals surface area contributed by atoms with Gasteiger partial charge in [0, 0.05) is 24.7 Å². The van der Waals surface area contributed by atoms with Gasteiger partial charge < -0.3 is 10.4 Å². The highest BCUT2D eigenvalue weighted by Gasteiger charge is 2.18. The van der Waals surface area contributed by atoms with Crippen LogP contribution >= 0.6 is 11.6 Å². The summed E-state index contributed by atoms with van der Waals surface area (Å²) in [5, 5.41) is 17.2. The van der Waals surface area contributed by atoms with Gasteiger partial charge in [0.2, 0.25) is 0 Å². The van der Waals surface area contributed by atoms with Crippen molar-refractivity contribution in [2.45, 2.75) is 32.9 Å². The van der Waals surface area contributed by atoms with Crippen LogP contribution in [0.2, 0.25) is 5.15 Å². The average Bonchev–Trinajstić information content (AvgIpc) is 2.39. The van der Waals surface area contributed by atoms with Crippen LogP contribution in [0.15, 0.2) is 0 Å². The maximum absolute atomic E-state index is 9.10. The number of nitrogens with one attached hydrogen (secondary N) is 1. The summed E-state index contributed by atoms with van der Waals surface area (Å²) in [6, 6.07) is 0. The molecule has 0 radical (unpaired) electrons. The van der Waals surface area contributed by atoms with Crippen LogP contribution in [0.3, 0.4) is 0 Å². The normalized spacial score (nSPS) is 12.1. The van der Waals surface area contributed by atoms with E-state index < -0.39 is 0 Å². The van der Waals surface area contributed by atoms with E-state index in [0.29, 0.717) is 11.7 Å². The van der Waals surface area contributed by atoms with Crippen LogP contribution < -0.4 is 5.32 Å². The summed E-state index contributed by atoms with van der Waals surface area (Å²) in [6.07, 6.45) is 0. The van der Waals surface area contributed by atoms with Gasteiger partial charge in [-0.3, -0.25) is 4.68 Å². The average molecular weight is 232 g/mol. The summed E-state index contributed by atoms with van der Waals surface area (Å²) in [5.74, 6) is 0. The first kappa shape index (κ1) is 12.5. The first-order valence-electron chi connectivity index (χ1n) is 4.91. The molecule has 0 bridgehead atoms. The van der Waals surface area contributed by atoms with Crippen LogP contribution in [0.4, 0.5) is 0 Å². The minimum Gasteiger partial charge on any atom is -0.394 e. The summed E-state index contributed by atoms with van der Waals surface area (Å²) >= 11 is 6.08. The third-order valence-corrected chi connectivity index (χ3v) is 2.88. The van der Waals surface area contributed by atoms with Crippen molar-refractivity contribution in [2.75, 3.05) is 6.61 Å². The van der Waals surface area contributed by atoms with E-state index in [-0.39, 0.29) is 12.1 Å². The molecular formula is C10H18ClN3O. The number of aromatic nitrogens is 2. The molecule has 0 aromatic carbocycles. The Kier molecular flexibility index (Phi) is 3.76. The molecule has 0 saturated carbocycles.